The average Bonchev–Trinajstić information content (AvgIpc) is 3.50. The number of amides is 2. The molecular formula is C34H33N5O4S. The third-order valence-corrected chi connectivity index (χ3v) is 9.23. The average molecular weight is 608 g/mol. The number of aromatic nitrogens is 1. The number of rotatable bonds is 7. The molecule has 44 heavy (non-hydrogen) atoms. The summed E-state index contributed by atoms with van der Waals surface area (Å²) in [6, 6.07) is 20.1. The van der Waals surface area contributed by atoms with E-state index in [9.17, 15) is 14.4 Å². The first-order valence-electron chi connectivity index (χ1n) is 14.6. The van der Waals surface area contributed by atoms with Gasteiger partial charge < -0.3 is 9.64 Å². The second kappa shape index (κ2) is 11.7. The number of likely N-dealkylation sites (N-methyl/N-ethyl adjacent to an activating group) is 1. The number of hydrogen-bond acceptors (Lipinski definition) is 7. The van der Waals surface area contributed by atoms with Crippen molar-refractivity contribution in [1.82, 2.24) is 9.47 Å². The number of thiazole rings is 1. The third kappa shape index (κ3) is 4.75. The van der Waals surface area contributed by atoms with Gasteiger partial charge in [-0.2, -0.15) is 10.1 Å². The van der Waals surface area contributed by atoms with Crippen LogP contribution in [0.25, 0.3) is 16.8 Å². The summed E-state index contributed by atoms with van der Waals surface area (Å²) < 4.78 is 7.82. The number of fused-ring (bicyclic) bond motifs is 2. The molecule has 0 bridgehead atoms. The summed E-state index contributed by atoms with van der Waals surface area (Å²) in [6.07, 6.45) is 1.68. The minimum atomic E-state index is -0.794. The highest BCUT2D eigenvalue weighted by Gasteiger charge is 2.38. The van der Waals surface area contributed by atoms with E-state index in [0.717, 1.165) is 10.8 Å². The molecule has 3 heterocycles. The van der Waals surface area contributed by atoms with E-state index in [1.54, 1.807) is 29.6 Å². The molecule has 10 heteroatoms. The van der Waals surface area contributed by atoms with Crippen molar-refractivity contribution in [2.75, 3.05) is 25.2 Å². The predicted molar refractivity (Wildman–Crippen MR) is 174 cm³/mol. The number of hydrogen-bond donors (Lipinski definition) is 0. The van der Waals surface area contributed by atoms with E-state index in [4.69, 9.17) is 9.73 Å². The molecule has 2 aliphatic heterocycles. The first kappa shape index (κ1) is 29.3. The monoisotopic (exact) mass is 607 g/mol. The lowest BCUT2D eigenvalue weighted by Gasteiger charge is -2.30. The Hall–Kier alpha value is -4.83. The van der Waals surface area contributed by atoms with Gasteiger partial charge in [0.05, 0.1) is 34.3 Å². The number of hydrazone groups is 1. The molecule has 224 valence electrons. The van der Waals surface area contributed by atoms with Crippen molar-refractivity contribution in [3.63, 3.8) is 0 Å². The number of anilines is 1. The minimum Gasteiger partial charge on any atom is -0.496 e. The minimum absolute atomic E-state index is 0.182. The zero-order chi connectivity index (χ0) is 31.1. The van der Waals surface area contributed by atoms with E-state index in [1.165, 1.54) is 16.3 Å². The molecule has 0 unspecified atom stereocenters. The molecule has 2 amide bonds. The third-order valence-electron chi connectivity index (χ3n) is 8.23. The van der Waals surface area contributed by atoms with Gasteiger partial charge in [-0.25, -0.2) is 4.99 Å². The van der Waals surface area contributed by atoms with Gasteiger partial charge in [-0.3, -0.25) is 19.0 Å². The molecule has 9 nitrogen and oxygen atoms in total. The summed E-state index contributed by atoms with van der Waals surface area (Å²) in [5.41, 5.74) is 2.60. The highest BCUT2D eigenvalue weighted by Crippen LogP contribution is 2.40. The Balaban J connectivity index is 1.57. The second-order valence-electron chi connectivity index (χ2n) is 10.7. The maximum atomic E-state index is 14.4. The van der Waals surface area contributed by atoms with Gasteiger partial charge in [0.2, 0.25) is 0 Å². The fourth-order valence-corrected chi connectivity index (χ4v) is 7.03. The van der Waals surface area contributed by atoms with Crippen LogP contribution in [0, 0.1) is 5.92 Å². The number of methoxy groups -OCH3 is 1. The van der Waals surface area contributed by atoms with Crippen LogP contribution in [-0.4, -0.2) is 47.2 Å². The van der Waals surface area contributed by atoms with Gasteiger partial charge >= 0.3 is 0 Å². The van der Waals surface area contributed by atoms with E-state index in [2.05, 4.69) is 5.10 Å². The predicted octanol–water partition coefficient (Wildman–Crippen LogP) is 4.26. The first-order chi connectivity index (χ1) is 21.3. The molecule has 4 aromatic rings. The van der Waals surface area contributed by atoms with Crippen molar-refractivity contribution >= 4 is 51.4 Å². The molecular weight excluding hydrogens is 574 g/mol. The van der Waals surface area contributed by atoms with Crippen LogP contribution in [0.4, 0.5) is 5.69 Å². The van der Waals surface area contributed by atoms with Crippen molar-refractivity contribution in [1.29, 1.82) is 0 Å². The zero-order valence-electron chi connectivity index (χ0n) is 25.3. The lowest BCUT2D eigenvalue weighted by molar-refractivity contribution is -0.127. The van der Waals surface area contributed by atoms with Crippen molar-refractivity contribution < 1.29 is 14.3 Å². The van der Waals surface area contributed by atoms with Crippen LogP contribution < -0.4 is 24.6 Å². The maximum absolute atomic E-state index is 14.4. The Morgan fingerprint density at radius 2 is 1.70 bits per heavy atom. The van der Waals surface area contributed by atoms with E-state index in [-0.39, 0.29) is 17.4 Å². The van der Waals surface area contributed by atoms with Crippen molar-refractivity contribution in [3.05, 3.63) is 103 Å². The highest BCUT2D eigenvalue weighted by molar-refractivity contribution is 7.07. The van der Waals surface area contributed by atoms with Crippen LogP contribution in [-0.2, 0) is 9.59 Å². The molecule has 1 aromatic heterocycles. The van der Waals surface area contributed by atoms with Gasteiger partial charge in [0.25, 0.3) is 17.4 Å². The standard InChI is InChI=1S/C34H33N5O4S/c1-6-37(7-2)33(42)28-21(4)35-34-38(30(28)29-24-16-12-11-13-22(24)17-18-26(29)43-5)32(41)27(44-34)19-25-20(3)36-39(31(25)40)23-14-9-8-10-15-23/h8-19,25,30H,6-7H2,1-5H3/b27-19-/t25-,30-/m1/s1. The fourth-order valence-electron chi connectivity index (χ4n) is 5.98. The summed E-state index contributed by atoms with van der Waals surface area (Å²) in [4.78, 5) is 49.0. The fraction of sp³-hybridized carbons (Fsp3) is 0.265. The molecule has 2 aliphatic rings. The van der Waals surface area contributed by atoms with Crippen LogP contribution in [0.5, 0.6) is 5.75 Å². The van der Waals surface area contributed by atoms with Gasteiger partial charge in [-0.15, -0.1) is 0 Å². The molecule has 0 N–H and O–H groups in total. The number of nitrogens with zero attached hydrogens (tertiary/aromatic N) is 5. The number of carbonyl (C=O) groups is 2. The Bertz CT molecular complexity index is 2040. The maximum Gasteiger partial charge on any atom is 0.270 e. The summed E-state index contributed by atoms with van der Waals surface area (Å²) in [5.74, 6) is -0.561. The topological polar surface area (TPSA) is 96.6 Å². The Kier molecular flexibility index (Phi) is 7.77. The normalized spacial score (nSPS) is 18.4. The molecule has 0 radical (unpaired) electrons. The first-order valence-corrected chi connectivity index (χ1v) is 15.4. The number of benzene rings is 3. The van der Waals surface area contributed by atoms with Gasteiger partial charge in [0, 0.05) is 18.7 Å². The largest absolute Gasteiger partial charge is 0.496 e. The summed E-state index contributed by atoms with van der Waals surface area (Å²) in [7, 11) is 1.59. The molecule has 0 saturated carbocycles. The van der Waals surface area contributed by atoms with Gasteiger partial charge in [-0.05, 0) is 62.7 Å². The van der Waals surface area contributed by atoms with Gasteiger partial charge in [-0.1, -0.05) is 59.9 Å². The van der Waals surface area contributed by atoms with Crippen LogP contribution in [0.15, 0.2) is 92.9 Å². The number of allylic oxidation sites excluding steroid dienone is 1. The van der Waals surface area contributed by atoms with Gasteiger partial charge in [0.1, 0.15) is 17.7 Å². The van der Waals surface area contributed by atoms with Crippen LogP contribution in [0.2, 0.25) is 0 Å². The second-order valence-corrected chi connectivity index (χ2v) is 11.7. The quantitative estimate of drug-likeness (QED) is 0.314. The van der Waals surface area contributed by atoms with Crippen molar-refractivity contribution in [3.8, 4) is 5.75 Å². The van der Waals surface area contributed by atoms with E-state index >= 15 is 0 Å². The Morgan fingerprint density at radius 1 is 1.00 bits per heavy atom. The molecule has 3 aromatic carbocycles. The number of carbonyl (C=O) groups excluding carboxylic acids is 2. The molecule has 2 atom stereocenters. The van der Waals surface area contributed by atoms with Crippen LogP contribution in [0.3, 0.4) is 0 Å². The summed E-state index contributed by atoms with van der Waals surface area (Å²) >= 11 is 1.21. The Labute approximate surface area is 258 Å². The van der Waals surface area contributed by atoms with E-state index in [1.807, 2.05) is 87.5 Å². The van der Waals surface area contributed by atoms with E-state index in [0.29, 0.717) is 56.4 Å². The number of para-hydroxylation sites is 1. The Morgan fingerprint density at radius 3 is 2.41 bits per heavy atom. The molecule has 0 saturated heterocycles. The summed E-state index contributed by atoms with van der Waals surface area (Å²) in [6.45, 7) is 8.48. The highest BCUT2D eigenvalue weighted by atomic mass is 32.1. The number of ether oxygens (including phenoxy) is 1. The van der Waals surface area contributed by atoms with Crippen molar-refractivity contribution in [2.24, 2.45) is 16.0 Å². The summed E-state index contributed by atoms with van der Waals surface area (Å²) in [5, 5.41) is 7.71. The van der Waals surface area contributed by atoms with Crippen LogP contribution in [0.1, 0.15) is 39.3 Å². The zero-order valence-corrected chi connectivity index (χ0v) is 26.1. The SMILES string of the molecule is CCN(CC)C(=O)C1=C(C)N=c2s/c(=C\[C@H]3C(=O)N(c4ccccc4)N=C3C)c(=O)n2[C@H]1c1c(OC)ccc2ccccc12. The smallest absolute Gasteiger partial charge is 0.270 e. The molecule has 0 fully saturated rings. The molecule has 0 aliphatic carbocycles. The lowest BCUT2D eigenvalue weighted by Crippen LogP contribution is -2.43. The van der Waals surface area contributed by atoms with Crippen molar-refractivity contribution in [2.45, 2.75) is 33.7 Å². The van der Waals surface area contributed by atoms with Gasteiger partial charge in [0.15, 0.2) is 4.80 Å². The van der Waals surface area contributed by atoms with E-state index < -0.39 is 12.0 Å². The molecule has 0 spiro atoms. The molecule has 6 rings (SSSR count). The lowest BCUT2D eigenvalue weighted by atomic mass is 9.90. The van der Waals surface area contributed by atoms with Crippen LogP contribution >= 0.6 is 11.3 Å².